The highest BCUT2D eigenvalue weighted by atomic mass is 32.2. The van der Waals surface area contributed by atoms with Crippen molar-refractivity contribution in [2.24, 2.45) is 5.92 Å². The van der Waals surface area contributed by atoms with Crippen LogP contribution < -0.4 is 5.32 Å². The molecule has 152 valence electrons. The third kappa shape index (κ3) is 4.31. The van der Waals surface area contributed by atoms with Crippen LogP contribution in [0.2, 0.25) is 0 Å². The number of piperidine rings is 1. The van der Waals surface area contributed by atoms with E-state index in [0.29, 0.717) is 25.9 Å². The van der Waals surface area contributed by atoms with Gasteiger partial charge < -0.3 is 5.32 Å². The minimum Gasteiger partial charge on any atom is -0.326 e. The average molecular weight is 431 g/mol. The molecule has 0 bridgehead atoms. The van der Waals surface area contributed by atoms with Crippen LogP contribution in [0.1, 0.15) is 18.4 Å². The van der Waals surface area contributed by atoms with E-state index in [1.54, 1.807) is 6.20 Å². The van der Waals surface area contributed by atoms with Gasteiger partial charge in [0.1, 0.15) is 15.4 Å². The number of fused-ring (bicyclic) bond motifs is 1. The van der Waals surface area contributed by atoms with Crippen molar-refractivity contribution in [3.8, 4) is 10.6 Å². The average Bonchev–Trinajstić information content (AvgIpc) is 3.13. The lowest BCUT2D eigenvalue weighted by atomic mass is 9.97. The molecule has 0 saturated carbocycles. The van der Waals surface area contributed by atoms with Crippen molar-refractivity contribution in [3.63, 3.8) is 0 Å². The monoisotopic (exact) mass is 430 g/mol. The third-order valence-corrected chi connectivity index (χ3v) is 7.53. The normalized spacial score (nSPS) is 16.2. The van der Waals surface area contributed by atoms with Crippen LogP contribution in [0.3, 0.4) is 0 Å². The second-order valence-corrected chi connectivity index (χ2v) is 10.3. The molecule has 1 N–H and O–H groups in total. The first-order valence-electron chi connectivity index (χ1n) is 9.40. The summed E-state index contributed by atoms with van der Waals surface area (Å²) >= 11 is 1.52. The highest BCUT2D eigenvalue weighted by Gasteiger charge is 2.29. The van der Waals surface area contributed by atoms with Crippen molar-refractivity contribution in [2.75, 3.05) is 24.7 Å². The fourth-order valence-corrected chi connectivity index (χ4v) is 5.25. The fourth-order valence-electron chi connectivity index (χ4n) is 3.47. The lowest BCUT2D eigenvalue weighted by molar-refractivity contribution is -0.120. The predicted octanol–water partition coefficient (Wildman–Crippen LogP) is 3.28. The predicted molar refractivity (Wildman–Crippen MR) is 115 cm³/mol. The van der Waals surface area contributed by atoms with Crippen molar-refractivity contribution in [1.29, 1.82) is 0 Å². The molecule has 1 fully saturated rings. The number of amides is 1. The number of carbonyl (C=O) groups excluding carboxylic acids is 1. The van der Waals surface area contributed by atoms with E-state index in [0.717, 1.165) is 32.2 Å². The van der Waals surface area contributed by atoms with E-state index < -0.39 is 10.0 Å². The highest BCUT2D eigenvalue weighted by Crippen LogP contribution is 2.32. The second kappa shape index (κ2) is 7.81. The third-order valence-electron chi connectivity index (χ3n) is 5.20. The number of nitrogens with one attached hydrogen (secondary N) is 1. The Kier molecular flexibility index (Phi) is 5.37. The van der Waals surface area contributed by atoms with Gasteiger partial charge in [-0.2, -0.15) is 0 Å². The highest BCUT2D eigenvalue weighted by molar-refractivity contribution is 7.88. The van der Waals surface area contributed by atoms with E-state index in [2.05, 4.69) is 15.3 Å². The van der Waals surface area contributed by atoms with Gasteiger partial charge in [-0.1, -0.05) is 23.5 Å². The molecule has 1 aliphatic rings. The van der Waals surface area contributed by atoms with Gasteiger partial charge >= 0.3 is 0 Å². The maximum atomic E-state index is 12.8. The SMILES string of the molecule is Cc1ccc(-c2nc3cccnc3s2)cc1NC(=O)C1CCN(S(C)(=O)=O)CC1. The number of hydrogen-bond acceptors (Lipinski definition) is 6. The standard InChI is InChI=1S/C20H22N4O3S2/c1-13-5-6-15(19-23-16-4-3-9-21-20(16)28-19)12-17(13)22-18(25)14-7-10-24(11-8-14)29(2,26)27/h3-6,9,12,14H,7-8,10-11H2,1-2H3,(H,22,25). The largest absolute Gasteiger partial charge is 0.326 e. The summed E-state index contributed by atoms with van der Waals surface area (Å²) in [6.07, 6.45) is 4.02. The second-order valence-electron chi connectivity index (χ2n) is 7.30. The topological polar surface area (TPSA) is 92.3 Å². The van der Waals surface area contributed by atoms with Crippen LogP contribution in [0.4, 0.5) is 5.69 Å². The van der Waals surface area contributed by atoms with Crippen LogP contribution in [-0.2, 0) is 14.8 Å². The number of carbonyl (C=O) groups is 1. The molecule has 0 atom stereocenters. The molecule has 2 aromatic heterocycles. The fraction of sp³-hybridized carbons (Fsp3) is 0.350. The van der Waals surface area contributed by atoms with E-state index in [-0.39, 0.29) is 11.8 Å². The number of thiazole rings is 1. The summed E-state index contributed by atoms with van der Waals surface area (Å²) in [7, 11) is -3.20. The zero-order valence-electron chi connectivity index (χ0n) is 16.3. The van der Waals surface area contributed by atoms with Gasteiger partial charge in [0.2, 0.25) is 15.9 Å². The molecule has 4 rings (SSSR count). The molecule has 1 aliphatic heterocycles. The Bertz CT molecular complexity index is 1130. The van der Waals surface area contributed by atoms with Crippen molar-refractivity contribution in [1.82, 2.24) is 14.3 Å². The van der Waals surface area contributed by atoms with Crippen LogP contribution in [-0.4, -0.2) is 47.9 Å². The molecule has 1 amide bonds. The van der Waals surface area contributed by atoms with E-state index in [9.17, 15) is 13.2 Å². The molecule has 0 aliphatic carbocycles. The first kappa shape index (κ1) is 19.9. The van der Waals surface area contributed by atoms with E-state index in [1.165, 1.54) is 21.9 Å². The van der Waals surface area contributed by atoms with Crippen LogP contribution in [0.25, 0.3) is 20.9 Å². The number of benzene rings is 1. The molecule has 3 aromatic rings. The number of pyridine rings is 1. The number of sulfonamides is 1. The molecule has 7 nitrogen and oxygen atoms in total. The maximum absolute atomic E-state index is 12.8. The number of aromatic nitrogens is 2. The van der Waals surface area contributed by atoms with Crippen molar-refractivity contribution < 1.29 is 13.2 Å². The van der Waals surface area contributed by atoms with Crippen molar-refractivity contribution in [3.05, 3.63) is 42.1 Å². The number of anilines is 1. The van der Waals surface area contributed by atoms with Gasteiger partial charge in [-0.15, -0.1) is 0 Å². The van der Waals surface area contributed by atoms with Crippen LogP contribution in [0, 0.1) is 12.8 Å². The van der Waals surface area contributed by atoms with Gasteiger partial charge in [0.15, 0.2) is 0 Å². The Hall–Kier alpha value is -2.36. The van der Waals surface area contributed by atoms with E-state index in [1.807, 2.05) is 37.3 Å². The van der Waals surface area contributed by atoms with Crippen molar-refractivity contribution in [2.45, 2.75) is 19.8 Å². The Balaban J connectivity index is 1.50. The smallest absolute Gasteiger partial charge is 0.227 e. The molecule has 0 spiro atoms. The lowest BCUT2D eigenvalue weighted by Gasteiger charge is -2.29. The number of nitrogens with zero attached hydrogens (tertiary/aromatic N) is 3. The van der Waals surface area contributed by atoms with Gasteiger partial charge in [0, 0.05) is 36.5 Å². The first-order valence-corrected chi connectivity index (χ1v) is 12.1. The molecule has 29 heavy (non-hydrogen) atoms. The Morgan fingerprint density at radius 1 is 1.24 bits per heavy atom. The summed E-state index contributed by atoms with van der Waals surface area (Å²) < 4.78 is 24.7. The summed E-state index contributed by atoms with van der Waals surface area (Å²) in [5, 5.41) is 3.89. The Labute approximate surface area is 173 Å². The minimum absolute atomic E-state index is 0.0654. The number of aryl methyl sites for hydroxylation is 1. The van der Waals surface area contributed by atoms with Gasteiger partial charge in [-0.05, 0) is 43.5 Å². The summed E-state index contributed by atoms with van der Waals surface area (Å²) in [5.74, 6) is -0.257. The molecule has 0 radical (unpaired) electrons. The molecule has 3 heterocycles. The molecule has 0 unspecified atom stereocenters. The van der Waals surface area contributed by atoms with Gasteiger partial charge in [-0.3, -0.25) is 4.79 Å². The lowest BCUT2D eigenvalue weighted by Crippen LogP contribution is -2.40. The van der Waals surface area contributed by atoms with Gasteiger partial charge in [-0.25, -0.2) is 22.7 Å². The Morgan fingerprint density at radius 2 is 2.00 bits per heavy atom. The molecule has 9 heteroatoms. The van der Waals surface area contributed by atoms with Gasteiger partial charge in [0.25, 0.3) is 0 Å². The van der Waals surface area contributed by atoms with Crippen LogP contribution in [0.5, 0.6) is 0 Å². The van der Waals surface area contributed by atoms with Gasteiger partial charge in [0.05, 0.1) is 6.26 Å². The summed E-state index contributed by atoms with van der Waals surface area (Å²) in [6, 6.07) is 9.70. The van der Waals surface area contributed by atoms with E-state index in [4.69, 9.17) is 0 Å². The zero-order chi connectivity index (χ0) is 20.6. The number of hydrogen-bond donors (Lipinski definition) is 1. The van der Waals surface area contributed by atoms with Crippen molar-refractivity contribution >= 4 is 43.3 Å². The van der Waals surface area contributed by atoms with E-state index >= 15 is 0 Å². The zero-order valence-corrected chi connectivity index (χ0v) is 17.9. The Morgan fingerprint density at radius 3 is 2.69 bits per heavy atom. The van der Waals surface area contributed by atoms with Crippen LogP contribution >= 0.6 is 11.3 Å². The molecule has 1 aromatic carbocycles. The molecule has 1 saturated heterocycles. The summed E-state index contributed by atoms with van der Waals surface area (Å²) in [4.78, 5) is 22.6. The quantitative estimate of drug-likeness (QED) is 0.686. The molecular formula is C20H22N4O3S2. The number of rotatable bonds is 4. The summed E-state index contributed by atoms with van der Waals surface area (Å²) in [5.41, 5.74) is 3.51. The summed E-state index contributed by atoms with van der Waals surface area (Å²) in [6.45, 7) is 2.72. The minimum atomic E-state index is -3.20. The van der Waals surface area contributed by atoms with Crippen LogP contribution in [0.15, 0.2) is 36.5 Å². The maximum Gasteiger partial charge on any atom is 0.227 e. The molecular weight excluding hydrogens is 408 g/mol. The first-order chi connectivity index (χ1) is 13.8.